The van der Waals surface area contributed by atoms with E-state index in [9.17, 15) is 0 Å². The van der Waals surface area contributed by atoms with Crippen LogP contribution in [0.2, 0.25) is 0 Å². The molecule has 1 N–H and O–H groups in total. The van der Waals surface area contributed by atoms with Crippen molar-refractivity contribution in [2.24, 2.45) is 0 Å². The SMILES string of the molecule is CCN(CCO)C(C)S. The van der Waals surface area contributed by atoms with Gasteiger partial charge in [0.2, 0.25) is 0 Å². The summed E-state index contributed by atoms with van der Waals surface area (Å²) >= 11 is 4.22. The van der Waals surface area contributed by atoms with Crippen LogP contribution in [0.4, 0.5) is 0 Å². The van der Waals surface area contributed by atoms with Gasteiger partial charge in [-0.2, -0.15) is 12.6 Å². The number of hydrogen-bond donors (Lipinski definition) is 2. The van der Waals surface area contributed by atoms with E-state index >= 15 is 0 Å². The molecule has 9 heavy (non-hydrogen) atoms. The van der Waals surface area contributed by atoms with Gasteiger partial charge in [0.1, 0.15) is 0 Å². The van der Waals surface area contributed by atoms with Crippen molar-refractivity contribution in [3.8, 4) is 0 Å². The molecule has 0 bridgehead atoms. The first kappa shape index (κ1) is 9.27. The molecule has 0 saturated heterocycles. The molecular weight excluding hydrogens is 134 g/mol. The van der Waals surface area contributed by atoms with E-state index in [1.54, 1.807) is 0 Å². The molecule has 0 radical (unpaired) electrons. The summed E-state index contributed by atoms with van der Waals surface area (Å²) in [6, 6.07) is 0. The lowest BCUT2D eigenvalue weighted by molar-refractivity contribution is 0.198. The topological polar surface area (TPSA) is 23.5 Å². The van der Waals surface area contributed by atoms with Crippen molar-refractivity contribution in [1.82, 2.24) is 4.90 Å². The maximum absolute atomic E-state index is 8.54. The van der Waals surface area contributed by atoms with Crippen LogP contribution in [-0.2, 0) is 0 Å². The van der Waals surface area contributed by atoms with Crippen molar-refractivity contribution in [3.05, 3.63) is 0 Å². The van der Waals surface area contributed by atoms with Gasteiger partial charge in [-0.25, -0.2) is 0 Å². The largest absolute Gasteiger partial charge is 0.395 e. The highest BCUT2D eigenvalue weighted by atomic mass is 32.1. The van der Waals surface area contributed by atoms with Gasteiger partial charge >= 0.3 is 0 Å². The van der Waals surface area contributed by atoms with Gasteiger partial charge in [0.15, 0.2) is 0 Å². The molecule has 0 spiro atoms. The van der Waals surface area contributed by atoms with Gasteiger partial charge in [-0.15, -0.1) is 0 Å². The lowest BCUT2D eigenvalue weighted by Gasteiger charge is -2.22. The molecule has 0 rings (SSSR count). The minimum Gasteiger partial charge on any atom is -0.395 e. The van der Waals surface area contributed by atoms with Crippen LogP contribution in [0.1, 0.15) is 13.8 Å². The van der Waals surface area contributed by atoms with E-state index in [4.69, 9.17) is 5.11 Å². The summed E-state index contributed by atoms with van der Waals surface area (Å²) in [5.74, 6) is 0. The standard InChI is InChI=1S/C6H15NOS/c1-3-7(4-5-8)6(2)9/h6,8-9H,3-5H2,1-2H3. The van der Waals surface area contributed by atoms with E-state index in [0.717, 1.165) is 13.1 Å². The lowest BCUT2D eigenvalue weighted by Crippen LogP contribution is -2.31. The first-order valence-corrected chi connectivity index (χ1v) is 3.77. The molecule has 2 nitrogen and oxygen atoms in total. The van der Waals surface area contributed by atoms with E-state index in [1.807, 2.05) is 6.92 Å². The van der Waals surface area contributed by atoms with Crippen LogP contribution >= 0.6 is 12.6 Å². The summed E-state index contributed by atoms with van der Waals surface area (Å²) in [5, 5.41) is 8.79. The Labute approximate surface area is 62.3 Å². The van der Waals surface area contributed by atoms with Gasteiger partial charge < -0.3 is 5.11 Å². The summed E-state index contributed by atoms with van der Waals surface area (Å²) in [6.07, 6.45) is 0. The fourth-order valence-corrected chi connectivity index (χ4v) is 1.02. The van der Waals surface area contributed by atoms with Crippen molar-refractivity contribution < 1.29 is 5.11 Å². The molecule has 3 heteroatoms. The minimum absolute atomic E-state index is 0.221. The molecule has 0 heterocycles. The molecule has 0 aromatic carbocycles. The highest BCUT2D eigenvalue weighted by molar-refractivity contribution is 7.80. The second-order valence-corrected chi connectivity index (χ2v) is 2.73. The first-order valence-electron chi connectivity index (χ1n) is 3.25. The first-order chi connectivity index (χ1) is 4.22. The number of aliphatic hydroxyl groups is 1. The Morgan fingerprint density at radius 3 is 2.33 bits per heavy atom. The van der Waals surface area contributed by atoms with Gasteiger partial charge in [-0.3, -0.25) is 4.90 Å². The number of nitrogens with zero attached hydrogens (tertiary/aromatic N) is 1. The smallest absolute Gasteiger partial charge is 0.0558 e. The fraction of sp³-hybridized carbons (Fsp3) is 1.00. The Balaban J connectivity index is 3.41. The fourth-order valence-electron chi connectivity index (χ4n) is 0.738. The second kappa shape index (κ2) is 5.09. The number of hydrogen-bond acceptors (Lipinski definition) is 3. The maximum atomic E-state index is 8.54. The van der Waals surface area contributed by atoms with Crippen LogP contribution < -0.4 is 0 Å². The van der Waals surface area contributed by atoms with Gasteiger partial charge in [-0.1, -0.05) is 6.92 Å². The molecule has 0 aliphatic rings. The van der Waals surface area contributed by atoms with Crippen LogP contribution in [0.5, 0.6) is 0 Å². The number of rotatable bonds is 4. The van der Waals surface area contributed by atoms with E-state index in [2.05, 4.69) is 24.5 Å². The maximum Gasteiger partial charge on any atom is 0.0558 e. The summed E-state index contributed by atoms with van der Waals surface area (Å²) in [7, 11) is 0. The van der Waals surface area contributed by atoms with Crippen molar-refractivity contribution in [3.63, 3.8) is 0 Å². The van der Waals surface area contributed by atoms with Crippen molar-refractivity contribution in [2.75, 3.05) is 19.7 Å². The highest BCUT2D eigenvalue weighted by Crippen LogP contribution is 2.00. The van der Waals surface area contributed by atoms with E-state index in [0.29, 0.717) is 0 Å². The number of aliphatic hydroxyl groups excluding tert-OH is 1. The molecule has 0 amide bonds. The highest BCUT2D eigenvalue weighted by Gasteiger charge is 2.04. The molecule has 1 unspecified atom stereocenters. The predicted molar refractivity (Wildman–Crippen MR) is 42.8 cm³/mol. The molecule has 0 saturated carbocycles. The van der Waals surface area contributed by atoms with Crippen LogP contribution in [0.3, 0.4) is 0 Å². The molecule has 0 aromatic heterocycles. The Morgan fingerprint density at radius 2 is 2.22 bits per heavy atom. The Bertz CT molecular complexity index is 68.1. The van der Waals surface area contributed by atoms with Crippen molar-refractivity contribution in [2.45, 2.75) is 19.2 Å². The molecule has 56 valence electrons. The Kier molecular flexibility index (Phi) is 5.24. The lowest BCUT2D eigenvalue weighted by atomic mass is 10.5. The summed E-state index contributed by atoms with van der Waals surface area (Å²) in [5.41, 5.74) is 0. The van der Waals surface area contributed by atoms with Crippen molar-refractivity contribution in [1.29, 1.82) is 0 Å². The summed E-state index contributed by atoms with van der Waals surface area (Å²) in [6.45, 7) is 5.95. The monoisotopic (exact) mass is 149 g/mol. The molecule has 0 aliphatic heterocycles. The van der Waals surface area contributed by atoms with Gasteiger partial charge in [0, 0.05) is 11.9 Å². The number of thiol groups is 1. The quantitative estimate of drug-likeness (QED) is 0.451. The summed E-state index contributed by atoms with van der Waals surface area (Å²) in [4.78, 5) is 2.09. The average Bonchev–Trinajstić information content (AvgIpc) is 1.82. The molecule has 0 aromatic rings. The third-order valence-electron chi connectivity index (χ3n) is 1.32. The Morgan fingerprint density at radius 1 is 1.67 bits per heavy atom. The second-order valence-electron chi connectivity index (χ2n) is 1.98. The summed E-state index contributed by atoms with van der Waals surface area (Å²) < 4.78 is 0. The van der Waals surface area contributed by atoms with Gasteiger partial charge in [-0.05, 0) is 13.5 Å². The third kappa shape index (κ3) is 3.78. The zero-order valence-electron chi connectivity index (χ0n) is 6.04. The van der Waals surface area contributed by atoms with Gasteiger partial charge in [0.05, 0.1) is 6.61 Å². The molecular formula is C6H15NOS. The van der Waals surface area contributed by atoms with E-state index in [1.165, 1.54) is 0 Å². The van der Waals surface area contributed by atoms with Crippen LogP contribution in [-0.4, -0.2) is 35.1 Å². The normalized spacial score (nSPS) is 14.3. The van der Waals surface area contributed by atoms with E-state index in [-0.39, 0.29) is 12.0 Å². The van der Waals surface area contributed by atoms with Gasteiger partial charge in [0.25, 0.3) is 0 Å². The zero-order valence-corrected chi connectivity index (χ0v) is 6.93. The van der Waals surface area contributed by atoms with Crippen LogP contribution in [0.25, 0.3) is 0 Å². The number of likely N-dealkylation sites (N-methyl/N-ethyl adjacent to an activating group) is 1. The van der Waals surface area contributed by atoms with Crippen LogP contribution in [0, 0.1) is 0 Å². The van der Waals surface area contributed by atoms with E-state index < -0.39 is 0 Å². The van der Waals surface area contributed by atoms with Crippen molar-refractivity contribution >= 4 is 12.6 Å². The zero-order chi connectivity index (χ0) is 7.28. The minimum atomic E-state index is 0.221. The third-order valence-corrected chi connectivity index (χ3v) is 1.65. The predicted octanol–water partition coefficient (Wildman–Crippen LogP) is 0.576. The molecule has 0 aliphatic carbocycles. The van der Waals surface area contributed by atoms with Crippen LogP contribution in [0.15, 0.2) is 0 Å². The average molecular weight is 149 g/mol. The molecule has 0 fully saturated rings. The Hall–Kier alpha value is 0.270. The molecule has 1 atom stereocenters.